The van der Waals surface area contributed by atoms with Gasteiger partial charge in [-0.3, -0.25) is 4.79 Å². The van der Waals surface area contributed by atoms with Gasteiger partial charge >= 0.3 is 6.18 Å². The minimum atomic E-state index is -4.44. The smallest absolute Gasteiger partial charge is 0.416 e. The zero-order chi connectivity index (χ0) is 18.0. The fourth-order valence-electron chi connectivity index (χ4n) is 2.39. The second-order valence-electron chi connectivity index (χ2n) is 5.44. The average molecular weight is 345 g/mol. The van der Waals surface area contributed by atoms with Crippen LogP contribution in [-0.2, 0) is 6.18 Å². The van der Waals surface area contributed by atoms with E-state index in [2.05, 4.69) is 0 Å². The Hall–Kier alpha value is -3.02. The molecule has 3 rings (SSSR count). The lowest BCUT2D eigenvalue weighted by Crippen LogP contribution is -2.25. The molecule has 3 aromatic rings. The van der Waals surface area contributed by atoms with Gasteiger partial charge in [0.15, 0.2) is 5.76 Å². The minimum absolute atomic E-state index is 0.0544. The van der Waals surface area contributed by atoms with E-state index >= 15 is 0 Å². The number of amides is 1. The first-order valence-corrected chi connectivity index (χ1v) is 7.47. The zero-order valence-electron chi connectivity index (χ0n) is 13.2. The van der Waals surface area contributed by atoms with E-state index in [0.29, 0.717) is 5.69 Å². The molecule has 3 nitrogen and oxygen atoms in total. The van der Waals surface area contributed by atoms with E-state index in [1.807, 2.05) is 6.07 Å². The van der Waals surface area contributed by atoms with Gasteiger partial charge in [0.05, 0.1) is 5.56 Å². The number of carbonyl (C=O) groups excluding carboxylic acids is 1. The molecule has 0 aliphatic heterocycles. The van der Waals surface area contributed by atoms with Crippen LogP contribution in [0.4, 0.5) is 18.9 Å². The highest BCUT2D eigenvalue weighted by Gasteiger charge is 2.30. The number of hydrogen-bond acceptors (Lipinski definition) is 2. The highest BCUT2D eigenvalue weighted by molar-refractivity contribution is 6.04. The van der Waals surface area contributed by atoms with Gasteiger partial charge in [-0.1, -0.05) is 30.3 Å². The Bertz CT molecular complexity index is 885. The molecule has 1 aromatic heterocycles. The van der Waals surface area contributed by atoms with E-state index in [9.17, 15) is 18.0 Å². The number of carbonyl (C=O) groups is 1. The number of rotatable bonds is 3. The van der Waals surface area contributed by atoms with Crippen LogP contribution in [0.2, 0.25) is 0 Å². The van der Waals surface area contributed by atoms with Crippen LogP contribution in [0.15, 0.2) is 71.1 Å². The van der Waals surface area contributed by atoms with E-state index in [1.165, 1.54) is 29.2 Å². The molecule has 1 amide bonds. The summed E-state index contributed by atoms with van der Waals surface area (Å²) < 4.78 is 43.9. The van der Waals surface area contributed by atoms with E-state index < -0.39 is 11.7 Å². The normalized spacial score (nSPS) is 11.4. The second kappa shape index (κ2) is 6.47. The third-order valence-electron chi connectivity index (χ3n) is 3.74. The molecule has 0 atom stereocenters. The molecule has 0 radical (unpaired) electrons. The largest absolute Gasteiger partial charge is 0.451 e. The monoisotopic (exact) mass is 345 g/mol. The maximum absolute atomic E-state index is 12.8. The summed E-state index contributed by atoms with van der Waals surface area (Å²) in [7, 11) is 1.60. The highest BCUT2D eigenvalue weighted by Crippen LogP contribution is 2.32. The van der Waals surface area contributed by atoms with Crippen LogP contribution >= 0.6 is 0 Å². The average Bonchev–Trinajstić information content (AvgIpc) is 3.11. The lowest BCUT2D eigenvalue weighted by molar-refractivity contribution is -0.137. The van der Waals surface area contributed by atoms with E-state index in [-0.39, 0.29) is 23.0 Å². The van der Waals surface area contributed by atoms with Crippen molar-refractivity contribution < 1.29 is 22.4 Å². The van der Waals surface area contributed by atoms with Crippen LogP contribution in [0.25, 0.3) is 11.3 Å². The lowest BCUT2D eigenvalue weighted by atomic mass is 10.1. The maximum atomic E-state index is 12.8. The third kappa shape index (κ3) is 3.57. The molecule has 0 bridgehead atoms. The van der Waals surface area contributed by atoms with Crippen molar-refractivity contribution in [1.29, 1.82) is 0 Å². The van der Waals surface area contributed by atoms with Crippen molar-refractivity contribution in [1.82, 2.24) is 0 Å². The fraction of sp³-hybridized carbons (Fsp3) is 0.105. The SMILES string of the molecule is CN(C(=O)c1ccc(-c2cccc(C(F)(F)F)c2)o1)c1ccccc1. The molecule has 0 unspecified atom stereocenters. The maximum Gasteiger partial charge on any atom is 0.416 e. The number of hydrogen-bond donors (Lipinski definition) is 0. The number of para-hydroxylation sites is 1. The van der Waals surface area contributed by atoms with Crippen molar-refractivity contribution in [3.05, 3.63) is 78.1 Å². The molecule has 2 aromatic carbocycles. The number of halogens is 3. The Labute approximate surface area is 142 Å². The molecular formula is C19H14F3NO2. The highest BCUT2D eigenvalue weighted by atomic mass is 19.4. The predicted molar refractivity (Wildman–Crippen MR) is 88.3 cm³/mol. The predicted octanol–water partition coefficient (Wildman–Crippen LogP) is 5.24. The third-order valence-corrected chi connectivity index (χ3v) is 3.74. The van der Waals surface area contributed by atoms with Crippen molar-refractivity contribution in [3.63, 3.8) is 0 Å². The molecule has 128 valence electrons. The molecule has 6 heteroatoms. The molecule has 0 aliphatic carbocycles. The number of furan rings is 1. The Morgan fingerprint density at radius 2 is 1.68 bits per heavy atom. The van der Waals surface area contributed by atoms with Crippen LogP contribution in [0.5, 0.6) is 0 Å². The standard InChI is InChI=1S/C19H14F3NO2/c1-23(15-8-3-2-4-9-15)18(24)17-11-10-16(25-17)13-6-5-7-14(12-13)19(20,21)22/h2-12H,1H3. The van der Waals surface area contributed by atoms with E-state index in [4.69, 9.17) is 4.42 Å². The Morgan fingerprint density at radius 3 is 2.36 bits per heavy atom. The van der Waals surface area contributed by atoms with Crippen LogP contribution in [-0.4, -0.2) is 13.0 Å². The fourth-order valence-corrected chi connectivity index (χ4v) is 2.39. The van der Waals surface area contributed by atoms with Crippen LogP contribution in [0, 0.1) is 0 Å². The van der Waals surface area contributed by atoms with Gasteiger partial charge in [0.2, 0.25) is 0 Å². The first-order valence-electron chi connectivity index (χ1n) is 7.47. The molecule has 0 N–H and O–H groups in total. The summed E-state index contributed by atoms with van der Waals surface area (Å²) in [5.74, 6) is -0.126. The van der Waals surface area contributed by atoms with Crippen LogP contribution < -0.4 is 4.90 Å². The molecule has 0 saturated carbocycles. The number of anilines is 1. The second-order valence-corrected chi connectivity index (χ2v) is 5.44. The summed E-state index contributed by atoms with van der Waals surface area (Å²) in [5.41, 5.74) is 0.177. The summed E-state index contributed by atoms with van der Waals surface area (Å²) in [6.07, 6.45) is -4.44. The number of nitrogens with zero attached hydrogens (tertiary/aromatic N) is 1. The first kappa shape index (κ1) is 16.8. The van der Waals surface area contributed by atoms with Crippen LogP contribution in [0.1, 0.15) is 16.1 Å². The van der Waals surface area contributed by atoms with E-state index in [0.717, 1.165) is 12.1 Å². The van der Waals surface area contributed by atoms with Crippen molar-refractivity contribution in [2.45, 2.75) is 6.18 Å². The van der Waals surface area contributed by atoms with Gasteiger partial charge < -0.3 is 9.32 Å². The minimum Gasteiger partial charge on any atom is -0.451 e. The summed E-state index contributed by atoms with van der Waals surface area (Å²) in [5, 5.41) is 0. The van der Waals surface area contributed by atoms with E-state index in [1.54, 1.807) is 31.3 Å². The van der Waals surface area contributed by atoms with Gasteiger partial charge in [-0.2, -0.15) is 13.2 Å². The van der Waals surface area contributed by atoms with Gasteiger partial charge in [0.1, 0.15) is 5.76 Å². The summed E-state index contributed by atoms with van der Waals surface area (Å²) in [6.45, 7) is 0. The number of benzene rings is 2. The van der Waals surface area contributed by atoms with Gasteiger partial charge in [-0.25, -0.2) is 0 Å². The summed E-state index contributed by atoms with van der Waals surface area (Å²) in [6, 6.07) is 16.7. The molecule has 25 heavy (non-hydrogen) atoms. The number of alkyl halides is 3. The van der Waals surface area contributed by atoms with Crippen molar-refractivity contribution in [3.8, 4) is 11.3 Å². The topological polar surface area (TPSA) is 33.5 Å². The molecule has 0 saturated heterocycles. The summed E-state index contributed by atoms with van der Waals surface area (Å²) in [4.78, 5) is 13.9. The first-order chi connectivity index (χ1) is 11.9. The van der Waals surface area contributed by atoms with Gasteiger partial charge in [0, 0.05) is 18.3 Å². The van der Waals surface area contributed by atoms with Crippen molar-refractivity contribution >= 4 is 11.6 Å². The lowest BCUT2D eigenvalue weighted by Gasteiger charge is -2.15. The Balaban J connectivity index is 1.87. The van der Waals surface area contributed by atoms with Crippen LogP contribution in [0.3, 0.4) is 0 Å². The van der Waals surface area contributed by atoms with Crippen molar-refractivity contribution in [2.75, 3.05) is 11.9 Å². The quantitative estimate of drug-likeness (QED) is 0.650. The Morgan fingerprint density at radius 1 is 0.960 bits per heavy atom. The summed E-state index contributed by atoms with van der Waals surface area (Å²) >= 11 is 0. The molecule has 0 spiro atoms. The van der Waals surface area contributed by atoms with Gasteiger partial charge in [-0.15, -0.1) is 0 Å². The van der Waals surface area contributed by atoms with Gasteiger partial charge in [0.25, 0.3) is 5.91 Å². The Kier molecular flexibility index (Phi) is 4.35. The molecule has 0 fully saturated rings. The molecular weight excluding hydrogens is 331 g/mol. The zero-order valence-corrected chi connectivity index (χ0v) is 13.2. The van der Waals surface area contributed by atoms with Gasteiger partial charge in [-0.05, 0) is 36.4 Å². The molecule has 1 heterocycles. The van der Waals surface area contributed by atoms with Crippen molar-refractivity contribution in [2.24, 2.45) is 0 Å². The molecule has 0 aliphatic rings.